The van der Waals surface area contributed by atoms with Crippen LogP contribution in [-0.2, 0) is 26.1 Å². The van der Waals surface area contributed by atoms with E-state index in [1.54, 1.807) is 18.2 Å². The maximum atomic E-state index is 12.7. The van der Waals surface area contributed by atoms with Gasteiger partial charge in [0.25, 0.3) is 0 Å². The minimum atomic E-state index is -3.55. The first-order valence-corrected chi connectivity index (χ1v) is 11.3. The minimum Gasteiger partial charge on any atom is -0.379 e. The monoisotopic (exact) mass is 429 g/mol. The van der Waals surface area contributed by atoms with Crippen LogP contribution in [0.4, 0.5) is 5.69 Å². The number of ether oxygens (including phenoxy) is 1. The van der Waals surface area contributed by atoms with Crippen LogP contribution in [0.15, 0.2) is 72.1 Å². The Morgan fingerprint density at radius 2 is 1.77 bits per heavy atom. The number of nitrogens with one attached hydrogen (secondary N) is 1. The molecule has 7 nitrogen and oxygen atoms in total. The molecule has 0 spiro atoms. The number of carbonyl (C=O) groups excluding carboxylic acids is 1. The van der Waals surface area contributed by atoms with Gasteiger partial charge < -0.3 is 10.1 Å². The lowest BCUT2D eigenvalue weighted by Gasteiger charge is -2.26. The summed E-state index contributed by atoms with van der Waals surface area (Å²) < 4.78 is 32.0. The van der Waals surface area contributed by atoms with Crippen LogP contribution in [-0.4, -0.2) is 62.9 Å². The largest absolute Gasteiger partial charge is 0.379 e. The molecule has 2 aromatic rings. The zero-order valence-electron chi connectivity index (χ0n) is 16.9. The van der Waals surface area contributed by atoms with Crippen LogP contribution < -0.4 is 5.32 Å². The van der Waals surface area contributed by atoms with Crippen molar-refractivity contribution in [1.82, 2.24) is 9.21 Å². The van der Waals surface area contributed by atoms with Crippen LogP contribution in [0.5, 0.6) is 0 Å². The predicted molar refractivity (Wildman–Crippen MR) is 117 cm³/mol. The summed E-state index contributed by atoms with van der Waals surface area (Å²) in [5, 5.41) is 2.83. The molecule has 1 amide bonds. The summed E-state index contributed by atoms with van der Waals surface area (Å²) in [6.07, 6.45) is 1.77. The summed E-state index contributed by atoms with van der Waals surface area (Å²) in [6.45, 7) is 6.68. The normalized spacial score (nSPS) is 15.1. The van der Waals surface area contributed by atoms with Crippen LogP contribution >= 0.6 is 0 Å². The number of morpholine rings is 1. The number of rotatable bonds is 9. The third-order valence-electron chi connectivity index (χ3n) is 4.75. The highest BCUT2D eigenvalue weighted by Crippen LogP contribution is 2.19. The van der Waals surface area contributed by atoms with Crippen LogP contribution in [0.3, 0.4) is 0 Å². The van der Waals surface area contributed by atoms with Gasteiger partial charge in [0.1, 0.15) is 0 Å². The molecule has 1 saturated heterocycles. The molecule has 1 aliphatic rings. The number of amides is 1. The second-order valence-electron chi connectivity index (χ2n) is 7.03. The van der Waals surface area contributed by atoms with Crippen molar-refractivity contribution in [3.63, 3.8) is 0 Å². The maximum absolute atomic E-state index is 12.7. The zero-order valence-corrected chi connectivity index (χ0v) is 17.7. The number of benzene rings is 2. The molecular weight excluding hydrogens is 402 g/mol. The van der Waals surface area contributed by atoms with Gasteiger partial charge >= 0.3 is 0 Å². The summed E-state index contributed by atoms with van der Waals surface area (Å²) >= 11 is 0. The SMILES string of the molecule is C=CCN(CC(=O)Nc1ccc(S(=O)(=O)N2CCOCC2)cc1)Cc1ccccc1. The fourth-order valence-electron chi connectivity index (χ4n) is 3.26. The molecule has 0 aliphatic carbocycles. The third kappa shape index (κ3) is 5.99. The summed E-state index contributed by atoms with van der Waals surface area (Å²) in [4.78, 5) is 14.7. The van der Waals surface area contributed by atoms with E-state index in [4.69, 9.17) is 4.74 Å². The lowest BCUT2D eigenvalue weighted by Crippen LogP contribution is -2.40. The van der Waals surface area contributed by atoms with Crippen molar-refractivity contribution in [2.45, 2.75) is 11.4 Å². The second kappa shape index (κ2) is 10.5. The van der Waals surface area contributed by atoms with Crippen LogP contribution in [0.2, 0.25) is 0 Å². The molecular formula is C22H27N3O4S. The van der Waals surface area contributed by atoms with Crippen molar-refractivity contribution in [1.29, 1.82) is 0 Å². The Morgan fingerprint density at radius 1 is 1.10 bits per heavy atom. The second-order valence-corrected chi connectivity index (χ2v) is 8.97. The van der Waals surface area contributed by atoms with Gasteiger partial charge in [0.15, 0.2) is 0 Å². The van der Waals surface area contributed by atoms with Gasteiger partial charge in [-0.3, -0.25) is 9.69 Å². The van der Waals surface area contributed by atoms with Crippen molar-refractivity contribution >= 4 is 21.6 Å². The Morgan fingerprint density at radius 3 is 2.40 bits per heavy atom. The Balaban J connectivity index is 1.59. The van der Waals surface area contributed by atoms with Gasteiger partial charge in [0.05, 0.1) is 24.7 Å². The van der Waals surface area contributed by atoms with E-state index in [1.165, 1.54) is 16.4 Å². The first-order valence-electron chi connectivity index (χ1n) is 9.84. The first kappa shape index (κ1) is 22.2. The van der Waals surface area contributed by atoms with Gasteiger partial charge in [0.2, 0.25) is 15.9 Å². The fourth-order valence-corrected chi connectivity index (χ4v) is 4.67. The number of hydrogen-bond donors (Lipinski definition) is 1. The number of sulfonamides is 1. The van der Waals surface area contributed by atoms with Gasteiger partial charge in [-0.2, -0.15) is 4.31 Å². The Kier molecular flexibility index (Phi) is 7.75. The van der Waals surface area contributed by atoms with Crippen molar-refractivity contribution in [3.05, 3.63) is 72.8 Å². The van der Waals surface area contributed by atoms with Crippen LogP contribution in [0.25, 0.3) is 0 Å². The van der Waals surface area contributed by atoms with Gasteiger partial charge in [-0.1, -0.05) is 36.4 Å². The van der Waals surface area contributed by atoms with Crippen LogP contribution in [0.1, 0.15) is 5.56 Å². The van der Waals surface area contributed by atoms with E-state index in [1.807, 2.05) is 35.2 Å². The molecule has 160 valence electrons. The molecule has 1 fully saturated rings. The molecule has 1 heterocycles. The summed E-state index contributed by atoms with van der Waals surface area (Å²) in [7, 11) is -3.55. The van der Waals surface area contributed by atoms with Gasteiger partial charge in [0, 0.05) is 31.9 Å². The number of carbonyl (C=O) groups is 1. The predicted octanol–water partition coefficient (Wildman–Crippen LogP) is 2.33. The highest BCUT2D eigenvalue weighted by molar-refractivity contribution is 7.89. The lowest BCUT2D eigenvalue weighted by atomic mass is 10.2. The number of hydrogen-bond acceptors (Lipinski definition) is 5. The van der Waals surface area contributed by atoms with E-state index in [0.29, 0.717) is 45.1 Å². The van der Waals surface area contributed by atoms with Gasteiger partial charge in [-0.15, -0.1) is 6.58 Å². The molecule has 2 aromatic carbocycles. The van der Waals surface area contributed by atoms with Crippen molar-refractivity contribution < 1.29 is 17.9 Å². The van der Waals surface area contributed by atoms with E-state index in [0.717, 1.165) is 5.56 Å². The summed E-state index contributed by atoms with van der Waals surface area (Å²) in [6, 6.07) is 16.2. The molecule has 0 atom stereocenters. The number of anilines is 1. The van der Waals surface area contributed by atoms with Crippen molar-refractivity contribution in [2.24, 2.45) is 0 Å². The van der Waals surface area contributed by atoms with Gasteiger partial charge in [-0.25, -0.2) is 8.42 Å². The smallest absolute Gasteiger partial charge is 0.243 e. The molecule has 0 unspecified atom stereocenters. The van der Waals surface area contributed by atoms with Crippen molar-refractivity contribution in [2.75, 3.05) is 44.7 Å². The summed E-state index contributed by atoms with van der Waals surface area (Å²) in [5.74, 6) is -0.170. The Labute approximate surface area is 178 Å². The van der Waals surface area contributed by atoms with E-state index < -0.39 is 10.0 Å². The van der Waals surface area contributed by atoms with E-state index in [9.17, 15) is 13.2 Å². The maximum Gasteiger partial charge on any atom is 0.243 e. The third-order valence-corrected chi connectivity index (χ3v) is 6.66. The van der Waals surface area contributed by atoms with Crippen LogP contribution in [0, 0.1) is 0 Å². The highest BCUT2D eigenvalue weighted by atomic mass is 32.2. The Bertz CT molecular complexity index is 940. The summed E-state index contributed by atoms with van der Waals surface area (Å²) in [5.41, 5.74) is 1.67. The fraction of sp³-hybridized carbons (Fsp3) is 0.318. The Hall–Kier alpha value is -2.52. The van der Waals surface area contributed by atoms with Gasteiger partial charge in [-0.05, 0) is 29.8 Å². The number of nitrogens with zero attached hydrogens (tertiary/aromatic N) is 2. The molecule has 1 aliphatic heterocycles. The molecule has 1 N–H and O–H groups in total. The molecule has 30 heavy (non-hydrogen) atoms. The first-order chi connectivity index (χ1) is 14.5. The molecule has 0 radical (unpaired) electrons. The molecule has 8 heteroatoms. The lowest BCUT2D eigenvalue weighted by molar-refractivity contribution is -0.117. The van der Waals surface area contributed by atoms with E-state index in [2.05, 4.69) is 11.9 Å². The highest BCUT2D eigenvalue weighted by Gasteiger charge is 2.26. The zero-order chi connectivity index (χ0) is 21.4. The molecule has 0 bridgehead atoms. The van der Waals surface area contributed by atoms with E-state index >= 15 is 0 Å². The molecule has 0 saturated carbocycles. The molecule has 0 aromatic heterocycles. The van der Waals surface area contributed by atoms with Crippen molar-refractivity contribution in [3.8, 4) is 0 Å². The standard InChI is InChI=1S/C22H27N3O4S/c1-2-12-24(17-19-6-4-3-5-7-19)18-22(26)23-20-8-10-21(11-9-20)30(27,28)25-13-15-29-16-14-25/h2-11H,1,12-18H2,(H,23,26). The minimum absolute atomic E-state index is 0.170. The topological polar surface area (TPSA) is 79.0 Å². The average Bonchev–Trinajstić information content (AvgIpc) is 2.75. The quantitative estimate of drug-likeness (QED) is 0.619. The molecule has 3 rings (SSSR count). The average molecular weight is 430 g/mol. The van der Waals surface area contributed by atoms with E-state index in [-0.39, 0.29) is 17.3 Å².